The van der Waals surface area contributed by atoms with Crippen molar-refractivity contribution < 1.29 is 9.59 Å². The molecule has 27 heavy (non-hydrogen) atoms. The SMILES string of the molecule is CC(=O)c1ccc(C(=O)Nc2ccccc2-c2nc3ccccc3s2)cc1. The number of anilines is 1. The molecule has 4 nitrogen and oxygen atoms in total. The van der Waals surface area contributed by atoms with Gasteiger partial charge in [0.25, 0.3) is 5.91 Å². The highest BCUT2D eigenvalue weighted by atomic mass is 32.1. The van der Waals surface area contributed by atoms with Gasteiger partial charge in [-0.15, -0.1) is 11.3 Å². The van der Waals surface area contributed by atoms with Crippen molar-refractivity contribution in [3.05, 3.63) is 83.9 Å². The van der Waals surface area contributed by atoms with Crippen LogP contribution in [0.2, 0.25) is 0 Å². The van der Waals surface area contributed by atoms with E-state index in [1.165, 1.54) is 6.92 Å². The van der Waals surface area contributed by atoms with Crippen molar-refractivity contribution in [3.63, 3.8) is 0 Å². The zero-order valence-corrected chi connectivity index (χ0v) is 15.4. The lowest BCUT2D eigenvalue weighted by molar-refractivity contribution is 0.101. The maximum atomic E-state index is 12.6. The third-order valence-electron chi connectivity index (χ3n) is 4.25. The highest BCUT2D eigenvalue weighted by Gasteiger charge is 2.13. The zero-order valence-electron chi connectivity index (χ0n) is 14.6. The van der Waals surface area contributed by atoms with Crippen LogP contribution in [0.15, 0.2) is 72.8 Å². The lowest BCUT2D eigenvalue weighted by Crippen LogP contribution is -2.12. The van der Waals surface area contributed by atoms with E-state index >= 15 is 0 Å². The Morgan fingerprint density at radius 2 is 1.52 bits per heavy atom. The van der Waals surface area contributed by atoms with Gasteiger partial charge in [0.1, 0.15) is 5.01 Å². The predicted octanol–water partition coefficient (Wildman–Crippen LogP) is 5.42. The molecule has 5 heteroatoms. The first-order valence-corrected chi connectivity index (χ1v) is 9.31. The maximum absolute atomic E-state index is 12.6. The lowest BCUT2D eigenvalue weighted by atomic mass is 10.1. The second-order valence-corrected chi connectivity index (χ2v) is 7.15. The van der Waals surface area contributed by atoms with Crippen molar-refractivity contribution in [1.29, 1.82) is 0 Å². The number of rotatable bonds is 4. The van der Waals surface area contributed by atoms with E-state index < -0.39 is 0 Å². The molecule has 0 unspecified atom stereocenters. The average molecular weight is 372 g/mol. The second-order valence-electron chi connectivity index (χ2n) is 6.12. The van der Waals surface area contributed by atoms with Crippen LogP contribution in [0.25, 0.3) is 20.8 Å². The molecular weight excluding hydrogens is 356 g/mol. The minimum Gasteiger partial charge on any atom is -0.321 e. The lowest BCUT2D eigenvalue weighted by Gasteiger charge is -2.09. The fourth-order valence-electron chi connectivity index (χ4n) is 2.82. The monoisotopic (exact) mass is 372 g/mol. The Morgan fingerprint density at radius 3 is 2.26 bits per heavy atom. The largest absolute Gasteiger partial charge is 0.321 e. The van der Waals surface area contributed by atoms with Gasteiger partial charge < -0.3 is 5.32 Å². The number of ketones is 1. The van der Waals surface area contributed by atoms with E-state index in [0.717, 1.165) is 20.8 Å². The van der Waals surface area contributed by atoms with Crippen LogP contribution in [0.4, 0.5) is 5.69 Å². The third kappa shape index (κ3) is 3.50. The summed E-state index contributed by atoms with van der Waals surface area (Å²) in [5, 5.41) is 3.82. The summed E-state index contributed by atoms with van der Waals surface area (Å²) < 4.78 is 1.11. The van der Waals surface area contributed by atoms with Crippen molar-refractivity contribution in [2.24, 2.45) is 0 Å². The summed E-state index contributed by atoms with van der Waals surface area (Å²) in [4.78, 5) is 28.7. The molecule has 1 aromatic heterocycles. The topological polar surface area (TPSA) is 59.1 Å². The summed E-state index contributed by atoms with van der Waals surface area (Å²) in [5.74, 6) is -0.248. The molecule has 1 amide bonds. The van der Waals surface area contributed by atoms with Gasteiger partial charge in [-0.2, -0.15) is 0 Å². The molecule has 0 aliphatic rings. The van der Waals surface area contributed by atoms with E-state index in [9.17, 15) is 9.59 Å². The second kappa shape index (κ2) is 7.13. The molecule has 0 spiro atoms. The quantitative estimate of drug-likeness (QED) is 0.487. The molecule has 3 aromatic carbocycles. The predicted molar refractivity (Wildman–Crippen MR) is 109 cm³/mol. The first-order chi connectivity index (χ1) is 13.1. The van der Waals surface area contributed by atoms with Gasteiger partial charge in [0, 0.05) is 16.7 Å². The Hall–Kier alpha value is -3.31. The number of aromatic nitrogens is 1. The molecule has 0 aliphatic heterocycles. The van der Waals surface area contributed by atoms with Crippen LogP contribution in [0.3, 0.4) is 0 Å². The van der Waals surface area contributed by atoms with E-state index in [0.29, 0.717) is 16.8 Å². The molecule has 0 saturated carbocycles. The molecule has 132 valence electrons. The number of amides is 1. The summed E-state index contributed by atoms with van der Waals surface area (Å²) in [6.45, 7) is 1.50. The highest BCUT2D eigenvalue weighted by molar-refractivity contribution is 7.21. The Labute approximate surface area is 160 Å². The number of carbonyl (C=O) groups is 2. The van der Waals surface area contributed by atoms with Crippen LogP contribution in [0.1, 0.15) is 27.6 Å². The number of hydrogen-bond donors (Lipinski definition) is 1. The van der Waals surface area contributed by atoms with Crippen LogP contribution < -0.4 is 5.32 Å². The molecule has 4 rings (SSSR count). The van der Waals surface area contributed by atoms with Crippen LogP contribution >= 0.6 is 11.3 Å². The van der Waals surface area contributed by atoms with Crippen molar-refractivity contribution in [3.8, 4) is 10.6 Å². The van der Waals surface area contributed by atoms with Gasteiger partial charge in [0.2, 0.25) is 0 Å². The van der Waals surface area contributed by atoms with Gasteiger partial charge >= 0.3 is 0 Å². The Morgan fingerprint density at radius 1 is 0.852 bits per heavy atom. The molecule has 1 N–H and O–H groups in total. The third-order valence-corrected chi connectivity index (χ3v) is 5.32. The van der Waals surface area contributed by atoms with Crippen LogP contribution in [0.5, 0.6) is 0 Å². The van der Waals surface area contributed by atoms with Crippen molar-refractivity contribution in [1.82, 2.24) is 4.98 Å². The summed E-state index contributed by atoms with van der Waals surface area (Å²) in [7, 11) is 0. The van der Waals surface area contributed by atoms with Gasteiger partial charge in [-0.3, -0.25) is 9.59 Å². The average Bonchev–Trinajstić information content (AvgIpc) is 3.12. The number of nitrogens with zero attached hydrogens (tertiary/aromatic N) is 1. The number of benzene rings is 3. The summed E-state index contributed by atoms with van der Waals surface area (Å²) in [6, 6.07) is 22.2. The number of Topliss-reactive ketones (excluding diaryl/α,β-unsaturated/α-hetero) is 1. The first kappa shape index (κ1) is 17.1. The molecule has 0 aliphatic carbocycles. The Balaban J connectivity index is 1.64. The number of para-hydroxylation sites is 2. The van der Waals surface area contributed by atoms with Crippen molar-refractivity contribution in [2.45, 2.75) is 6.92 Å². The maximum Gasteiger partial charge on any atom is 0.255 e. The minimum absolute atomic E-state index is 0.0249. The minimum atomic E-state index is -0.223. The number of hydrogen-bond acceptors (Lipinski definition) is 4. The number of thiazole rings is 1. The molecule has 0 atom stereocenters. The van der Waals surface area contributed by atoms with E-state index in [1.54, 1.807) is 35.6 Å². The molecular formula is C22H16N2O2S. The van der Waals surface area contributed by atoms with Gasteiger partial charge in [-0.05, 0) is 43.3 Å². The normalized spacial score (nSPS) is 10.7. The van der Waals surface area contributed by atoms with E-state index in [4.69, 9.17) is 0 Å². The molecule has 0 saturated heterocycles. The number of fused-ring (bicyclic) bond motifs is 1. The number of nitrogens with one attached hydrogen (secondary N) is 1. The Kier molecular flexibility index (Phi) is 4.52. The van der Waals surface area contributed by atoms with Crippen molar-refractivity contribution in [2.75, 3.05) is 5.32 Å². The molecule has 1 heterocycles. The van der Waals surface area contributed by atoms with Crippen LogP contribution in [0, 0.1) is 0 Å². The molecule has 0 fully saturated rings. The summed E-state index contributed by atoms with van der Waals surface area (Å²) in [5.41, 5.74) is 3.61. The standard InChI is InChI=1S/C22H16N2O2S/c1-14(25)15-10-12-16(13-11-15)21(26)23-18-7-3-2-6-17(18)22-24-19-8-4-5-9-20(19)27-22/h2-13H,1H3,(H,23,26). The number of carbonyl (C=O) groups excluding carboxylic acids is 2. The Bertz CT molecular complexity index is 1110. The van der Waals surface area contributed by atoms with E-state index in [2.05, 4.69) is 10.3 Å². The van der Waals surface area contributed by atoms with Crippen LogP contribution in [-0.2, 0) is 0 Å². The molecule has 0 radical (unpaired) electrons. The molecule has 4 aromatic rings. The van der Waals surface area contributed by atoms with Crippen LogP contribution in [-0.4, -0.2) is 16.7 Å². The fraction of sp³-hybridized carbons (Fsp3) is 0.0455. The zero-order chi connectivity index (χ0) is 18.8. The van der Waals surface area contributed by atoms with Gasteiger partial charge in [-0.25, -0.2) is 4.98 Å². The van der Waals surface area contributed by atoms with Gasteiger partial charge in [0.05, 0.1) is 15.9 Å². The first-order valence-electron chi connectivity index (χ1n) is 8.49. The van der Waals surface area contributed by atoms with Crippen molar-refractivity contribution >= 4 is 38.9 Å². The fourth-order valence-corrected chi connectivity index (χ4v) is 3.82. The smallest absolute Gasteiger partial charge is 0.255 e. The van der Waals surface area contributed by atoms with Gasteiger partial charge in [-0.1, -0.05) is 36.4 Å². The summed E-state index contributed by atoms with van der Waals surface area (Å²) >= 11 is 1.59. The summed E-state index contributed by atoms with van der Waals surface area (Å²) in [6.07, 6.45) is 0. The van der Waals surface area contributed by atoms with E-state index in [-0.39, 0.29) is 11.7 Å². The molecule has 0 bridgehead atoms. The van der Waals surface area contributed by atoms with E-state index in [1.807, 2.05) is 48.5 Å². The van der Waals surface area contributed by atoms with Gasteiger partial charge in [0.15, 0.2) is 5.78 Å². The highest BCUT2D eigenvalue weighted by Crippen LogP contribution is 2.34.